The standard InChI is InChI=1S/C30H31N3O3/c1-29(2,21-13-7-5-8-14-21)23-19-24(30(3,4)22-15-9-6-10-16-22)28(34)26(20-23)32-31-25-17-11-12-18-27(25)33(35)36/h5-20,25,27,34H,1-4H3. The van der Waals surface area contributed by atoms with Crippen molar-refractivity contribution < 1.29 is 10.0 Å². The molecule has 0 fully saturated rings. The first kappa shape index (κ1) is 25.0. The maximum absolute atomic E-state index is 11.5. The highest BCUT2D eigenvalue weighted by molar-refractivity contribution is 5.63. The number of allylic oxidation sites excluding steroid dienone is 2. The number of nitrogens with zero attached hydrogens (tertiary/aromatic N) is 3. The summed E-state index contributed by atoms with van der Waals surface area (Å²) in [4.78, 5) is 11.1. The fraction of sp³-hybridized carbons (Fsp3) is 0.267. The summed E-state index contributed by atoms with van der Waals surface area (Å²) in [5, 5.41) is 31.6. The molecule has 4 rings (SSSR count). The summed E-state index contributed by atoms with van der Waals surface area (Å²) < 4.78 is 0. The number of aromatic hydroxyl groups is 1. The van der Waals surface area contributed by atoms with Crippen LogP contribution in [-0.2, 0) is 10.8 Å². The highest BCUT2D eigenvalue weighted by Gasteiger charge is 2.33. The summed E-state index contributed by atoms with van der Waals surface area (Å²) in [5.41, 5.74) is 3.22. The highest BCUT2D eigenvalue weighted by Crippen LogP contribution is 2.45. The maximum Gasteiger partial charge on any atom is 0.258 e. The number of benzene rings is 3. The molecule has 6 nitrogen and oxygen atoms in total. The van der Waals surface area contributed by atoms with E-state index in [4.69, 9.17) is 0 Å². The number of phenols is 1. The van der Waals surface area contributed by atoms with Crippen molar-refractivity contribution in [2.24, 2.45) is 10.2 Å². The van der Waals surface area contributed by atoms with Crippen molar-refractivity contribution in [1.29, 1.82) is 0 Å². The van der Waals surface area contributed by atoms with E-state index in [1.165, 1.54) is 6.08 Å². The van der Waals surface area contributed by atoms with E-state index in [1.807, 2.05) is 60.7 Å². The van der Waals surface area contributed by atoms with Gasteiger partial charge in [0.05, 0.1) is 0 Å². The molecule has 0 amide bonds. The van der Waals surface area contributed by atoms with Gasteiger partial charge in [-0.3, -0.25) is 10.1 Å². The lowest BCUT2D eigenvalue weighted by molar-refractivity contribution is -0.510. The van der Waals surface area contributed by atoms with Crippen molar-refractivity contribution in [3.8, 4) is 5.75 Å². The molecule has 0 aliphatic heterocycles. The lowest BCUT2D eigenvalue weighted by Crippen LogP contribution is -2.30. The topological polar surface area (TPSA) is 88.1 Å². The van der Waals surface area contributed by atoms with Crippen molar-refractivity contribution >= 4 is 5.69 Å². The molecule has 1 N–H and O–H groups in total. The Labute approximate surface area is 211 Å². The summed E-state index contributed by atoms with van der Waals surface area (Å²) in [6, 6.07) is 22.3. The van der Waals surface area contributed by atoms with Gasteiger partial charge in [-0.05, 0) is 28.8 Å². The molecular weight excluding hydrogens is 450 g/mol. The first-order valence-electron chi connectivity index (χ1n) is 12.0. The van der Waals surface area contributed by atoms with Crippen LogP contribution in [0.1, 0.15) is 49.9 Å². The molecule has 0 radical (unpaired) electrons. The molecule has 2 unspecified atom stereocenters. The third kappa shape index (κ3) is 4.85. The molecule has 184 valence electrons. The Balaban J connectivity index is 1.87. The molecule has 6 heteroatoms. The highest BCUT2D eigenvalue weighted by atomic mass is 16.6. The van der Waals surface area contributed by atoms with Crippen molar-refractivity contribution in [2.45, 2.75) is 50.6 Å². The average molecular weight is 482 g/mol. The second-order valence-corrected chi connectivity index (χ2v) is 10.1. The average Bonchev–Trinajstić information content (AvgIpc) is 2.89. The van der Waals surface area contributed by atoms with Crippen LogP contribution < -0.4 is 0 Å². The van der Waals surface area contributed by atoms with Crippen LogP contribution in [0.5, 0.6) is 5.75 Å². The molecule has 0 saturated heterocycles. The Hall–Kier alpha value is -4.06. The fourth-order valence-electron chi connectivity index (χ4n) is 4.58. The first-order chi connectivity index (χ1) is 17.1. The molecule has 0 spiro atoms. The zero-order valence-corrected chi connectivity index (χ0v) is 21.0. The van der Waals surface area contributed by atoms with Crippen LogP contribution in [0.3, 0.4) is 0 Å². The van der Waals surface area contributed by atoms with E-state index in [0.717, 1.165) is 16.7 Å². The summed E-state index contributed by atoms with van der Waals surface area (Å²) in [6.45, 7) is 8.39. The Kier molecular flexibility index (Phi) is 6.88. The van der Waals surface area contributed by atoms with E-state index in [1.54, 1.807) is 18.2 Å². The summed E-state index contributed by atoms with van der Waals surface area (Å²) >= 11 is 0. The Morgan fingerprint density at radius 1 is 0.806 bits per heavy atom. The molecule has 0 saturated carbocycles. The van der Waals surface area contributed by atoms with E-state index in [9.17, 15) is 15.2 Å². The molecular formula is C30H31N3O3. The third-order valence-electron chi connectivity index (χ3n) is 7.10. The van der Waals surface area contributed by atoms with Gasteiger partial charge in [0.2, 0.25) is 0 Å². The van der Waals surface area contributed by atoms with Crippen LogP contribution in [0, 0.1) is 10.1 Å². The molecule has 2 atom stereocenters. The van der Waals surface area contributed by atoms with Gasteiger partial charge in [0, 0.05) is 21.3 Å². The smallest absolute Gasteiger partial charge is 0.258 e. The van der Waals surface area contributed by atoms with Crippen LogP contribution in [0.2, 0.25) is 0 Å². The largest absolute Gasteiger partial charge is 0.505 e. The van der Waals surface area contributed by atoms with Gasteiger partial charge >= 0.3 is 0 Å². The van der Waals surface area contributed by atoms with E-state index >= 15 is 0 Å². The number of azo groups is 1. The molecule has 3 aromatic carbocycles. The molecule has 1 aliphatic carbocycles. The summed E-state index contributed by atoms with van der Waals surface area (Å²) in [7, 11) is 0. The number of hydrogen-bond acceptors (Lipinski definition) is 5. The normalized spacial score (nSPS) is 18.0. The van der Waals surface area contributed by atoms with Gasteiger partial charge in [0.1, 0.15) is 11.4 Å². The SMILES string of the molecule is CC(C)(c1ccccc1)c1cc(N=NC2C=CC=CC2[N+](=O)[O-])c(O)c(C(C)(C)c2ccccc2)c1. The monoisotopic (exact) mass is 481 g/mol. The lowest BCUT2D eigenvalue weighted by atomic mass is 9.72. The van der Waals surface area contributed by atoms with Gasteiger partial charge in [0.15, 0.2) is 6.04 Å². The van der Waals surface area contributed by atoms with Crippen LogP contribution in [0.25, 0.3) is 0 Å². The van der Waals surface area contributed by atoms with E-state index in [0.29, 0.717) is 11.3 Å². The molecule has 3 aromatic rings. The lowest BCUT2D eigenvalue weighted by Gasteiger charge is -2.32. The van der Waals surface area contributed by atoms with Gasteiger partial charge in [0.25, 0.3) is 6.04 Å². The van der Waals surface area contributed by atoms with Crippen LogP contribution in [0.15, 0.2) is 107 Å². The Morgan fingerprint density at radius 2 is 1.36 bits per heavy atom. The van der Waals surface area contributed by atoms with Crippen molar-refractivity contribution in [3.63, 3.8) is 0 Å². The number of hydrogen-bond donors (Lipinski definition) is 1. The van der Waals surface area contributed by atoms with E-state index in [-0.39, 0.29) is 10.7 Å². The minimum absolute atomic E-state index is 0.0215. The van der Waals surface area contributed by atoms with Crippen LogP contribution in [-0.4, -0.2) is 22.1 Å². The van der Waals surface area contributed by atoms with Gasteiger partial charge in [-0.1, -0.05) is 113 Å². The Bertz CT molecular complexity index is 1330. The minimum Gasteiger partial charge on any atom is -0.505 e. The van der Waals surface area contributed by atoms with Gasteiger partial charge < -0.3 is 5.11 Å². The Morgan fingerprint density at radius 3 is 1.94 bits per heavy atom. The predicted octanol–water partition coefficient (Wildman–Crippen LogP) is 7.27. The van der Waals surface area contributed by atoms with Gasteiger partial charge in [-0.2, -0.15) is 10.2 Å². The molecule has 0 heterocycles. The molecule has 36 heavy (non-hydrogen) atoms. The first-order valence-corrected chi connectivity index (χ1v) is 12.0. The van der Waals surface area contributed by atoms with Crippen LogP contribution in [0.4, 0.5) is 5.69 Å². The zero-order chi connectivity index (χ0) is 25.9. The summed E-state index contributed by atoms with van der Waals surface area (Å²) in [6.07, 6.45) is 6.52. The predicted molar refractivity (Wildman–Crippen MR) is 143 cm³/mol. The minimum atomic E-state index is -0.995. The van der Waals surface area contributed by atoms with Gasteiger partial charge in [-0.15, -0.1) is 0 Å². The molecule has 0 aromatic heterocycles. The fourth-order valence-corrected chi connectivity index (χ4v) is 4.58. The number of nitro groups is 1. The third-order valence-corrected chi connectivity index (χ3v) is 7.10. The van der Waals surface area contributed by atoms with Crippen molar-refractivity contribution in [3.05, 3.63) is 129 Å². The maximum atomic E-state index is 11.5. The van der Waals surface area contributed by atoms with E-state index < -0.39 is 22.9 Å². The van der Waals surface area contributed by atoms with E-state index in [2.05, 4.69) is 50.1 Å². The van der Waals surface area contributed by atoms with Crippen LogP contribution >= 0.6 is 0 Å². The number of rotatable bonds is 7. The zero-order valence-electron chi connectivity index (χ0n) is 21.0. The van der Waals surface area contributed by atoms with Crippen molar-refractivity contribution in [2.75, 3.05) is 0 Å². The second-order valence-electron chi connectivity index (χ2n) is 10.1. The summed E-state index contributed by atoms with van der Waals surface area (Å²) in [5.74, 6) is 0.0215. The molecule has 0 bridgehead atoms. The second kappa shape index (κ2) is 9.90. The van der Waals surface area contributed by atoms with Gasteiger partial charge in [-0.25, -0.2) is 0 Å². The van der Waals surface area contributed by atoms with Crippen molar-refractivity contribution in [1.82, 2.24) is 0 Å². The molecule has 1 aliphatic rings. The quantitative estimate of drug-likeness (QED) is 0.219. The number of phenolic OH excluding ortho intramolecular Hbond substituents is 1.